The molecule has 0 spiro atoms. The van der Waals surface area contributed by atoms with Gasteiger partial charge in [-0.05, 0) is 68.7 Å². The third kappa shape index (κ3) is 3.50. The van der Waals surface area contributed by atoms with Gasteiger partial charge in [0, 0.05) is 12.6 Å². The molecule has 0 fully saturated rings. The largest absolute Gasteiger partial charge is 0.309 e. The Bertz CT molecular complexity index is 789. The van der Waals surface area contributed by atoms with Crippen LogP contribution in [0.1, 0.15) is 12.8 Å². The lowest BCUT2D eigenvalue weighted by Gasteiger charge is -2.43. The minimum atomic E-state index is -3.49. The maximum Gasteiger partial charge on any atom is 0.151 e. The molecule has 2 N–H and O–H groups in total. The minimum absolute atomic E-state index is 0.0605. The second-order valence-corrected chi connectivity index (χ2v) is 8.27. The highest BCUT2D eigenvalue weighted by atomic mass is 32.3. The minimum Gasteiger partial charge on any atom is -0.309 e. The van der Waals surface area contributed by atoms with Gasteiger partial charge in [-0.25, -0.2) is 13.1 Å². The van der Waals surface area contributed by atoms with Crippen molar-refractivity contribution in [3.05, 3.63) is 54.1 Å². The van der Waals surface area contributed by atoms with E-state index in [2.05, 4.69) is 4.90 Å². The van der Waals surface area contributed by atoms with Crippen molar-refractivity contribution in [3.63, 3.8) is 0 Å². The number of anilines is 3. The van der Waals surface area contributed by atoms with Gasteiger partial charge in [0.1, 0.15) is 11.5 Å². The molecular weight excluding hydrogens is 360 g/mol. The van der Waals surface area contributed by atoms with Gasteiger partial charge < -0.3 is 4.90 Å². The van der Waals surface area contributed by atoms with Crippen LogP contribution in [0.5, 0.6) is 0 Å². The van der Waals surface area contributed by atoms with Crippen molar-refractivity contribution in [2.45, 2.75) is 12.8 Å². The molecule has 0 radical (unpaired) electrons. The predicted octanol–water partition coefficient (Wildman–Crippen LogP) is 4.85. The van der Waals surface area contributed by atoms with Crippen LogP contribution < -0.4 is 8.61 Å². The Hall–Kier alpha value is -1.87. The smallest absolute Gasteiger partial charge is 0.151 e. The zero-order chi connectivity index (χ0) is 18.9. The van der Waals surface area contributed by atoms with Crippen LogP contribution >= 0.6 is 11.0 Å². The quantitative estimate of drug-likeness (QED) is 0.699. The number of unbranched alkanes of at least 4 members (excludes halogenated alkanes) is 1. The van der Waals surface area contributed by atoms with Gasteiger partial charge in [-0.3, -0.25) is 13.4 Å². The number of benzene rings is 2. The van der Waals surface area contributed by atoms with E-state index in [9.17, 15) is 17.9 Å². The van der Waals surface area contributed by atoms with Gasteiger partial charge in [-0.2, -0.15) is 0 Å². The van der Waals surface area contributed by atoms with Crippen LogP contribution in [0.4, 0.5) is 25.8 Å². The summed E-state index contributed by atoms with van der Waals surface area (Å²) in [6, 6.07) is 10.1. The lowest BCUT2D eigenvalue weighted by Crippen LogP contribution is -2.32. The first-order valence-corrected chi connectivity index (χ1v) is 9.83. The summed E-state index contributed by atoms with van der Waals surface area (Å²) >= 11 is 0. The second kappa shape index (κ2) is 7.40. The molecule has 8 heteroatoms. The number of rotatable bonds is 6. The van der Waals surface area contributed by atoms with E-state index in [1.54, 1.807) is 24.3 Å². The fraction of sp³-hybridized carbons (Fsp3) is 0.333. The zero-order valence-electron chi connectivity index (χ0n) is 14.8. The van der Waals surface area contributed by atoms with Crippen LogP contribution in [-0.2, 0) is 0 Å². The Morgan fingerprint density at radius 2 is 1.65 bits per heavy atom. The summed E-state index contributed by atoms with van der Waals surface area (Å²) in [5, 5.41) is 0. The molecule has 2 aromatic carbocycles. The number of nitrogens with zero attached hydrogens (tertiary/aromatic N) is 3. The summed E-state index contributed by atoms with van der Waals surface area (Å²) in [5.41, 5.74) is 1.06. The SMILES string of the molecule is CN(C)CCCCN1c2ccccc2N(c2ccc(F)cc2F)S1(O)O. The van der Waals surface area contributed by atoms with Crippen LogP contribution in [0, 0.1) is 11.6 Å². The van der Waals surface area contributed by atoms with Gasteiger partial charge in [-0.15, -0.1) is 0 Å². The highest BCUT2D eigenvalue weighted by Crippen LogP contribution is 2.64. The lowest BCUT2D eigenvalue weighted by atomic mass is 10.2. The predicted molar refractivity (Wildman–Crippen MR) is 103 cm³/mol. The van der Waals surface area contributed by atoms with E-state index < -0.39 is 22.6 Å². The van der Waals surface area contributed by atoms with E-state index in [-0.39, 0.29) is 5.69 Å². The van der Waals surface area contributed by atoms with Crippen LogP contribution in [0.3, 0.4) is 0 Å². The van der Waals surface area contributed by atoms with Gasteiger partial charge in [0.2, 0.25) is 0 Å². The highest BCUT2D eigenvalue weighted by molar-refractivity contribution is 8.27. The summed E-state index contributed by atoms with van der Waals surface area (Å²) in [7, 11) is 0.482. The summed E-state index contributed by atoms with van der Waals surface area (Å²) in [6.07, 6.45) is 1.65. The first-order chi connectivity index (χ1) is 12.3. The van der Waals surface area contributed by atoms with E-state index in [1.807, 2.05) is 14.1 Å². The number of fused-ring (bicyclic) bond motifs is 1. The van der Waals surface area contributed by atoms with E-state index in [1.165, 1.54) is 14.7 Å². The van der Waals surface area contributed by atoms with Crippen molar-refractivity contribution in [1.82, 2.24) is 4.90 Å². The summed E-state index contributed by atoms with van der Waals surface area (Å²) in [5.74, 6) is -1.55. The molecule has 5 nitrogen and oxygen atoms in total. The van der Waals surface area contributed by atoms with Crippen molar-refractivity contribution in [2.24, 2.45) is 0 Å². The van der Waals surface area contributed by atoms with Gasteiger partial charge in [0.25, 0.3) is 0 Å². The van der Waals surface area contributed by atoms with E-state index in [0.29, 0.717) is 17.9 Å². The Balaban J connectivity index is 1.94. The van der Waals surface area contributed by atoms with E-state index in [4.69, 9.17) is 0 Å². The van der Waals surface area contributed by atoms with Crippen molar-refractivity contribution in [1.29, 1.82) is 0 Å². The molecule has 0 bridgehead atoms. The molecule has 0 saturated carbocycles. The molecule has 2 aromatic rings. The molecule has 0 unspecified atom stereocenters. The Morgan fingerprint density at radius 3 is 2.31 bits per heavy atom. The number of para-hydroxylation sites is 2. The average Bonchev–Trinajstić information content (AvgIpc) is 2.79. The fourth-order valence-electron chi connectivity index (χ4n) is 3.04. The molecule has 3 rings (SSSR count). The first kappa shape index (κ1) is 18.9. The van der Waals surface area contributed by atoms with Crippen LogP contribution in [0.2, 0.25) is 0 Å². The standard InChI is InChI=1S/C18H23F2N3O2S/c1-21(2)11-5-6-12-22-17-7-3-4-8-18(17)23(26(22,24)25)16-10-9-14(19)13-15(16)20/h3-4,7-10,13,24-25H,5-6,11-12H2,1-2H3. The van der Waals surface area contributed by atoms with Gasteiger partial charge in [0.05, 0.1) is 11.4 Å². The zero-order valence-corrected chi connectivity index (χ0v) is 15.6. The number of halogens is 2. The molecule has 142 valence electrons. The first-order valence-electron chi connectivity index (χ1n) is 8.37. The molecule has 0 atom stereocenters. The van der Waals surface area contributed by atoms with E-state index in [0.717, 1.165) is 31.5 Å². The molecule has 1 aliphatic rings. The van der Waals surface area contributed by atoms with Gasteiger partial charge in [-0.1, -0.05) is 12.1 Å². The highest BCUT2D eigenvalue weighted by Gasteiger charge is 2.42. The monoisotopic (exact) mass is 383 g/mol. The molecule has 1 aliphatic heterocycles. The third-order valence-electron chi connectivity index (χ3n) is 4.25. The second-order valence-electron chi connectivity index (χ2n) is 6.48. The summed E-state index contributed by atoms with van der Waals surface area (Å²) in [4.78, 5) is 2.07. The average molecular weight is 383 g/mol. The summed E-state index contributed by atoms with van der Waals surface area (Å²) in [6.45, 7) is 1.32. The topological polar surface area (TPSA) is 50.2 Å². The molecule has 0 saturated heterocycles. The Morgan fingerprint density at radius 1 is 0.962 bits per heavy atom. The molecule has 0 amide bonds. The van der Waals surface area contributed by atoms with Crippen LogP contribution in [0.15, 0.2) is 42.5 Å². The van der Waals surface area contributed by atoms with Gasteiger partial charge >= 0.3 is 0 Å². The van der Waals surface area contributed by atoms with Crippen molar-refractivity contribution >= 4 is 28.0 Å². The maximum atomic E-state index is 14.3. The van der Waals surface area contributed by atoms with Crippen LogP contribution in [-0.4, -0.2) is 41.2 Å². The molecule has 26 heavy (non-hydrogen) atoms. The molecular formula is C18H23F2N3O2S. The fourth-order valence-corrected chi connectivity index (χ4v) is 4.86. The van der Waals surface area contributed by atoms with Crippen molar-refractivity contribution < 1.29 is 17.9 Å². The van der Waals surface area contributed by atoms with Crippen molar-refractivity contribution in [3.8, 4) is 0 Å². The number of hydrogen-bond acceptors (Lipinski definition) is 5. The third-order valence-corrected chi connectivity index (χ3v) is 6.11. The molecule has 1 heterocycles. The normalized spacial score (nSPS) is 16.9. The van der Waals surface area contributed by atoms with E-state index >= 15 is 0 Å². The maximum absolute atomic E-state index is 14.3. The Labute approximate surface area is 154 Å². The van der Waals surface area contributed by atoms with Crippen molar-refractivity contribution in [2.75, 3.05) is 35.8 Å². The summed E-state index contributed by atoms with van der Waals surface area (Å²) < 4.78 is 52.1. The number of hydrogen-bond donors (Lipinski definition) is 2. The van der Waals surface area contributed by atoms with Crippen LogP contribution in [0.25, 0.3) is 0 Å². The molecule has 0 aromatic heterocycles. The lowest BCUT2D eigenvalue weighted by molar-refractivity contribution is 0.395. The molecule has 0 aliphatic carbocycles. The Kier molecular flexibility index (Phi) is 5.38. The van der Waals surface area contributed by atoms with Gasteiger partial charge in [0.15, 0.2) is 5.82 Å².